The molecule has 202 valence electrons. The van der Waals surface area contributed by atoms with Crippen molar-refractivity contribution in [1.29, 1.82) is 0 Å². The van der Waals surface area contributed by atoms with Gasteiger partial charge in [-0.3, -0.25) is 9.38 Å². The molecule has 0 unspecified atom stereocenters. The summed E-state index contributed by atoms with van der Waals surface area (Å²) in [6, 6.07) is 41.3. The molecule has 0 amide bonds. The van der Waals surface area contributed by atoms with Crippen LogP contribution < -0.4 is 0 Å². The van der Waals surface area contributed by atoms with Gasteiger partial charge in [0.05, 0.1) is 16.7 Å². The van der Waals surface area contributed by atoms with Crippen molar-refractivity contribution >= 4 is 49.0 Å². The molecule has 4 heteroatoms. The van der Waals surface area contributed by atoms with E-state index in [1.54, 1.807) is 0 Å². The highest BCUT2D eigenvalue weighted by Crippen LogP contribution is 2.38. The van der Waals surface area contributed by atoms with Crippen LogP contribution in [0, 0.1) is 5.82 Å². The fraction of sp³-hybridized carbons (Fsp3) is 0.0256. The predicted molar refractivity (Wildman–Crippen MR) is 174 cm³/mol. The van der Waals surface area contributed by atoms with E-state index < -0.39 is 0 Å². The van der Waals surface area contributed by atoms with Crippen LogP contribution in [0.4, 0.5) is 4.39 Å². The summed E-state index contributed by atoms with van der Waals surface area (Å²) in [4.78, 5) is 9.57. The Morgan fingerprint density at radius 3 is 2.21 bits per heavy atom. The Labute approximate surface area is 246 Å². The van der Waals surface area contributed by atoms with Gasteiger partial charge in [-0.15, -0.1) is 0 Å². The number of hydrogen-bond acceptors (Lipinski definition) is 2. The van der Waals surface area contributed by atoms with Crippen molar-refractivity contribution in [2.75, 3.05) is 0 Å². The van der Waals surface area contributed by atoms with Gasteiger partial charge >= 0.3 is 0 Å². The summed E-state index contributed by atoms with van der Waals surface area (Å²) in [5, 5.41) is 7.16. The molecule has 0 aliphatic rings. The lowest BCUT2D eigenvalue weighted by atomic mass is 9.96. The number of benzene rings is 5. The number of pyridine rings is 2. The van der Waals surface area contributed by atoms with Gasteiger partial charge in [-0.05, 0) is 82.6 Å². The average Bonchev–Trinajstić information content (AvgIpc) is 3.57. The van der Waals surface area contributed by atoms with Crippen LogP contribution in [0.25, 0.3) is 71.4 Å². The number of halogens is 1. The average molecular weight is 554 g/mol. The summed E-state index contributed by atoms with van der Waals surface area (Å²) in [5.41, 5.74) is 10.0. The number of nitrogens with zero attached hydrogens (tertiary/aromatic N) is 3. The normalized spacial score (nSPS) is 11.9. The van der Waals surface area contributed by atoms with E-state index >= 15 is 0 Å². The molecule has 0 aliphatic heterocycles. The third-order valence-electron chi connectivity index (χ3n) is 8.69. The minimum absolute atomic E-state index is 0.228. The number of rotatable bonds is 4. The summed E-state index contributed by atoms with van der Waals surface area (Å²) in [6.45, 7) is 0. The lowest BCUT2D eigenvalue weighted by molar-refractivity contribution is 0.628. The second-order valence-electron chi connectivity index (χ2n) is 11.2. The maximum atomic E-state index is 13.5. The van der Waals surface area contributed by atoms with Gasteiger partial charge in [0, 0.05) is 44.9 Å². The van der Waals surface area contributed by atoms with Crippen molar-refractivity contribution in [3.8, 4) is 22.4 Å². The Balaban J connectivity index is 1.11. The van der Waals surface area contributed by atoms with Crippen LogP contribution in [0.5, 0.6) is 0 Å². The van der Waals surface area contributed by atoms with E-state index in [9.17, 15) is 4.39 Å². The molecule has 0 bridgehead atoms. The van der Waals surface area contributed by atoms with Crippen molar-refractivity contribution in [1.82, 2.24) is 14.4 Å². The Morgan fingerprint density at radius 2 is 1.30 bits per heavy atom. The van der Waals surface area contributed by atoms with Crippen molar-refractivity contribution < 1.29 is 4.39 Å². The third kappa shape index (κ3) is 3.73. The summed E-state index contributed by atoms with van der Waals surface area (Å²) >= 11 is 0. The zero-order valence-electron chi connectivity index (χ0n) is 23.1. The van der Waals surface area contributed by atoms with Crippen molar-refractivity contribution in [3.05, 3.63) is 151 Å². The van der Waals surface area contributed by atoms with E-state index in [2.05, 4.69) is 89.3 Å². The fourth-order valence-electron chi connectivity index (χ4n) is 6.74. The van der Waals surface area contributed by atoms with Crippen LogP contribution in [0.15, 0.2) is 134 Å². The maximum Gasteiger partial charge on any atom is 0.145 e. The molecule has 0 saturated carbocycles. The van der Waals surface area contributed by atoms with E-state index in [0.29, 0.717) is 0 Å². The molecule has 0 aliphatic carbocycles. The van der Waals surface area contributed by atoms with Crippen LogP contribution in [0.3, 0.4) is 0 Å². The zero-order valence-corrected chi connectivity index (χ0v) is 23.1. The van der Waals surface area contributed by atoms with Crippen LogP contribution in [-0.2, 0) is 6.42 Å². The first-order valence-electron chi connectivity index (χ1n) is 14.5. The van der Waals surface area contributed by atoms with Gasteiger partial charge in [-0.1, -0.05) is 72.8 Å². The summed E-state index contributed by atoms with van der Waals surface area (Å²) in [5.74, 6) is -0.228. The second kappa shape index (κ2) is 9.20. The summed E-state index contributed by atoms with van der Waals surface area (Å²) < 4.78 is 15.8. The first-order chi connectivity index (χ1) is 21.2. The molecule has 9 aromatic rings. The first kappa shape index (κ1) is 24.0. The van der Waals surface area contributed by atoms with E-state index in [1.807, 2.05) is 36.7 Å². The van der Waals surface area contributed by atoms with E-state index in [4.69, 9.17) is 9.97 Å². The molecule has 43 heavy (non-hydrogen) atoms. The van der Waals surface area contributed by atoms with Crippen LogP contribution in [0.2, 0.25) is 0 Å². The molecule has 0 fully saturated rings. The molecule has 0 atom stereocenters. The summed E-state index contributed by atoms with van der Waals surface area (Å²) in [7, 11) is 0. The minimum atomic E-state index is -0.228. The van der Waals surface area contributed by atoms with E-state index in [0.717, 1.165) is 45.2 Å². The fourth-order valence-corrected chi connectivity index (χ4v) is 6.74. The standard InChI is InChI=1S/C39H24FN3/c40-30-13-10-26(11-14-30)27-12-16-31-28(23-27)17-19-41-37(31)29-5-1-4-24(21-29)20-25-9-15-32-33-6-2-7-34-35-8-3-18-42-39(35)43(38(33)34)36(32)22-25/h1-19,21-23H,20H2. The smallest absolute Gasteiger partial charge is 0.145 e. The van der Waals surface area contributed by atoms with Gasteiger partial charge in [0.1, 0.15) is 11.5 Å². The molecule has 0 N–H and O–H groups in total. The Kier molecular flexibility index (Phi) is 5.14. The Bertz CT molecular complexity index is 2490. The lowest BCUT2D eigenvalue weighted by Gasteiger charge is -2.10. The van der Waals surface area contributed by atoms with E-state index in [1.165, 1.54) is 55.8 Å². The maximum absolute atomic E-state index is 13.5. The molecule has 5 aromatic carbocycles. The topological polar surface area (TPSA) is 30.2 Å². The van der Waals surface area contributed by atoms with Crippen LogP contribution in [0.1, 0.15) is 11.1 Å². The largest absolute Gasteiger partial charge is 0.293 e. The molecule has 4 aromatic heterocycles. The number of para-hydroxylation sites is 1. The number of fused-ring (bicyclic) bond motifs is 7. The molecular formula is C39H24FN3. The molecule has 9 rings (SSSR count). The highest BCUT2D eigenvalue weighted by Gasteiger charge is 2.18. The third-order valence-corrected chi connectivity index (χ3v) is 8.69. The van der Waals surface area contributed by atoms with Gasteiger partial charge in [-0.2, -0.15) is 0 Å². The van der Waals surface area contributed by atoms with Crippen molar-refractivity contribution in [2.45, 2.75) is 6.42 Å². The van der Waals surface area contributed by atoms with Crippen LogP contribution in [-0.4, -0.2) is 14.4 Å². The molecule has 0 spiro atoms. The van der Waals surface area contributed by atoms with Gasteiger partial charge in [-0.25, -0.2) is 9.37 Å². The summed E-state index contributed by atoms with van der Waals surface area (Å²) in [6.07, 6.45) is 4.56. The number of aromatic nitrogens is 3. The monoisotopic (exact) mass is 553 g/mol. The zero-order chi connectivity index (χ0) is 28.5. The highest BCUT2D eigenvalue weighted by molar-refractivity contribution is 6.22. The predicted octanol–water partition coefficient (Wildman–Crippen LogP) is 9.84. The molecule has 0 saturated heterocycles. The lowest BCUT2D eigenvalue weighted by Crippen LogP contribution is -1.92. The quantitative estimate of drug-likeness (QED) is 0.217. The van der Waals surface area contributed by atoms with Crippen LogP contribution >= 0.6 is 0 Å². The van der Waals surface area contributed by atoms with Crippen molar-refractivity contribution in [3.63, 3.8) is 0 Å². The Hall–Kier alpha value is -5.61. The van der Waals surface area contributed by atoms with E-state index in [-0.39, 0.29) is 5.82 Å². The van der Waals surface area contributed by atoms with Gasteiger partial charge < -0.3 is 0 Å². The highest BCUT2D eigenvalue weighted by atomic mass is 19.1. The number of hydrogen-bond donors (Lipinski definition) is 0. The van der Waals surface area contributed by atoms with Gasteiger partial charge in [0.2, 0.25) is 0 Å². The SMILES string of the molecule is Fc1ccc(-c2ccc3c(-c4cccc(Cc5ccc6c7cccc8c9cccnc9n(c6c5)c78)c4)nccc3c2)cc1. The molecular weight excluding hydrogens is 529 g/mol. The molecule has 4 heterocycles. The van der Waals surface area contributed by atoms with Crippen molar-refractivity contribution in [2.24, 2.45) is 0 Å². The first-order valence-corrected chi connectivity index (χ1v) is 14.5. The second-order valence-corrected chi connectivity index (χ2v) is 11.2. The Morgan fingerprint density at radius 1 is 0.535 bits per heavy atom. The minimum Gasteiger partial charge on any atom is -0.293 e. The van der Waals surface area contributed by atoms with Gasteiger partial charge in [0.25, 0.3) is 0 Å². The molecule has 0 radical (unpaired) electrons. The van der Waals surface area contributed by atoms with Gasteiger partial charge in [0.15, 0.2) is 0 Å². The molecule has 3 nitrogen and oxygen atoms in total.